The Hall–Kier alpha value is -3.01. The summed E-state index contributed by atoms with van der Waals surface area (Å²) in [6.07, 6.45) is 2.97. The van der Waals surface area contributed by atoms with Crippen LogP contribution in [0.4, 0.5) is 10.2 Å². The lowest BCUT2D eigenvalue weighted by Crippen LogP contribution is -2.45. The molecule has 10 heteroatoms. The van der Waals surface area contributed by atoms with Crippen LogP contribution in [-0.4, -0.2) is 57.9 Å². The van der Waals surface area contributed by atoms with Gasteiger partial charge in [0.05, 0.1) is 10.5 Å². The fourth-order valence-electron chi connectivity index (χ4n) is 4.61. The molecule has 1 atom stereocenters. The molecular weight excluding hydrogens is 475 g/mol. The minimum Gasteiger partial charge on any atom is -0.490 e. The maximum Gasteiger partial charge on any atom is 0.251 e. The molecule has 0 saturated carbocycles. The highest BCUT2D eigenvalue weighted by Gasteiger charge is 2.31. The first kappa shape index (κ1) is 23.7. The number of carbonyl (C=O) groups is 1. The van der Waals surface area contributed by atoms with E-state index in [1.807, 2.05) is 4.90 Å². The molecule has 35 heavy (non-hydrogen) atoms. The normalized spacial score (nSPS) is 18.7. The number of piperidine rings is 1. The van der Waals surface area contributed by atoms with Crippen LogP contribution in [0.2, 0.25) is 5.02 Å². The van der Waals surface area contributed by atoms with Crippen molar-refractivity contribution in [2.75, 3.05) is 25.2 Å². The van der Waals surface area contributed by atoms with E-state index in [0.29, 0.717) is 47.7 Å². The monoisotopic (exact) mass is 500 g/mol. The molecule has 0 spiro atoms. The van der Waals surface area contributed by atoms with Crippen LogP contribution in [0.1, 0.15) is 37.1 Å². The van der Waals surface area contributed by atoms with Crippen LogP contribution in [0.15, 0.2) is 36.4 Å². The number of aromatic nitrogens is 2. The Morgan fingerprint density at radius 2 is 2.06 bits per heavy atom. The summed E-state index contributed by atoms with van der Waals surface area (Å²) < 4.78 is 26.1. The maximum absolute atomic E-state index is 14.4. The van der Waals surface area contributed by atoms with E-state index in [4.69, 9.17) is 21.1 Å². The number of rotatable bonds is 6. The van der Waals surface area contributed by atoms with Gasteiger partial charge in [-0.25, -0.2) is 14.4 Å². The third-order valence-electron chi connectivity index (χ3n) is 6.46. The molecule has 2 aliphatic rings. The van der Waals surface area contributed by atoms with Gasteiger partial charge in [-0.15, -0.1) is 0 Å². The van der Waals surface area contributed by atoms with Gasteiger partial charge in [0.15, 0.2) is 5.82 Å². The molecule has 0 radical (unpaired) electrons. The van der Waals surface area contributed by atoms with E-state index in [1.165, 1.54) is 6.07 Å². The number of hydrogen-bond donors (Lipinski definition) is 2. The summed E-state index contributed by atoms with van der Waals surface area (Å²) in [6.45, 7) is 1.92. The van der Waals surface area contributed by atoms with Crippen LogP contribution in [0, 0.1) is 5.82 Å². The zero-order valence-corrected chi connectivity index (χ0v) is 19.8. The SMILES string of the molecule is O=C(C1CCCO1)N1CCC(Oc2ccc3c(NO)nc(Cc4cccc(Cl)c4F)nc3c2)CC1. The minimum atomic E-state index is -0.516. The summed E-state index contributed by atoms with van der Waals surface area (Å²) in [6, 6.07) is 10.1. The van der Waals surface area contributed by atoms with Gasteiger partial charge in [0.25, 0.3) is 5.91 Å². The third kappa shape index (κ3) is 5.17. The van der Waals surface area contributed by atoms with Crippen molar-refractivity contribution in [2.24, 2.45) is 0 Å². The molecule has 5 rings (SSSR count). The van der Waals surface area contributed by atoms with Crippen LogP contribution in [-0.2, 0) is 16.0 Å². The number of hydrogen-bond acceptors (Lipinski definition) is 7. The lowest BCUT2D eigenvalue weighted by atomic mass is 10.1. The van der Waals surface area contributed by atoms with Crippen molar-refractivity contribution in [3.8, 4) is 5.75 Å². The second-order valence-corrected chi connectivity index (χ2v) is 9.22. The Bertz CT molecular complexity index is 1230. The first-order valence-corrected chi connectivity index (χ1v) is 12.1. The highest BCUT2D eigenvalue weighted by Crippen LogP contribution is 2.28. The van der Waals surface area contributed by atoms with Crippen LogP contribution in [0.25, 0.3) is 10.9 Å². The van der Waals surface area contributed by atoms with Crippen molar-refractivity contribution in [1.29, 1.82) is 0 Å². The van der Waals surface area contributed by atoms with Gasteiger partial charge in [0, 0.05) is 50.4 Å². The number of carbonyl (C=O) groups excluding carboxylic acids is 1. The average molecular weight is 501 g/mol. The van der Waals surface area contributed by atoms with Crippen molar-refractivity contribution < 1.29 is 23.9 Å². The molecule has 1 unspecified atom stereocenters. The number of halogens is 2. The van der Waals surface area contributed by atoms with Crippen molar-refractivity contribution >= 4 is 34.2 Å². The van der Waals surface area contributed by atoms with Gasteiger partial charge in [-0.2, -0.15) is 0 Å². The second-order valence-electron chi connectivity index (χ2n) is 8.81. The second kappa shape index (κ2) is 10.3. The molecule has 184 valence electrons. The standard InChI is InChI=1S/C25H26ClFN4O4/c26-19-4-1-3-15(23(19)27)13-22-28-20-14-17(6-7-18(20)24(29-22)30-33)35-16-8-10-31(11-9-16)25(32)21-5-2-12-34-21/h1,3-4,6-7,14,16,21,33H,2,5,8-13H2,(H,28,29,30). The van der Waals surface area contributed by atoms with E-state index in [2.05, 4.69) is 15.4 Å². The zero-order chi connectivity index (χ0) is 24.4. The molecule has 3 aromatic rings. The fourth-order valence-corrected chi connectivity index (χ4v) is 4.81. The van der Waals surface area contributed by atoms with Crippen LogP contribution < -0.4 is 10.2 Å². The molecule has 0 aliphatic carbocycles. The van der Waals surface area contributed by atoms with Crippen LogP contribution >= 0.6 is 11.6 Å². The summed E-state index contributed by atoms with van der Waals surface area (Å²) >= 11 is 5.89. The Balaban J connectivity index is 1.29. The Morgan fingerprint density at radius 1 is 1.23 bits per heavy atom. The van der Waals surface area contributed by atoms with E-state index in [9.17, 15) is 14.4 Å². The van der Waals surface area contributed by atoms with Crippen molar-refractivity contribution in [3.63, 3.8) is 0 Å². The van der Waals surface area contributed by atoms with Gasteiger partial charge in [-0.3, -0.25) is 15.5 Å². The summed E-state index contributed by atoms with van der Waals surface area (Å²) in [5.41, 5.74) is 3.01. The Labute approximate surface area is 207 Å². The zero-order valence-electron chi connectivity index (χ0n) is 19.0. The number of likely N-dealkylation sites (tertiary alicyclic amines) is 1. The number of amides is 1. The summed E-state index contributed by atoms with van der Waals surface area (Å²) in [4.78, 5) is 23.3. The topological polar surface area (TPSA) is 96.8 Å². The molecule has 2 N–H and O–H groups in total. The first-order valence-electron chi connectivity index (χ1n) is 11.7. The van der Waals surface area contributed by atoms with E-state index in [0.717, 1.165) is 25.7 Å². The summed E-state index contributed by atoms with van der Waals surface area (Å²) in [7, 11) is 0. The van der Waals surface area contributed by atoms with Gasteiger partial charge in [-0.05, 0) is 36.6 Å². The number of ether oxygens (including phenoxy) is 2. The molecule has 1 aromatic heterocycles. The van der Waals surface area contributed by atoms with Gasteiger partial charge in [0.2, 0.25) is 0 Å². The highest BCUT2D eigenvalue weighted by molar-refractivity contribution is 6.30. The molecule has 8 nitrogen and oxygen atoms in total. The first-order chi connectivity index (χ1) is 17.0. The molecule has 3 heterocycles. The summed E-state index contributed by atoms with van der Waals surface area (Å²) in [5, 5.41) is 10.2. The third-order valence-corrected chi connectivity index (χ3v) is 6.75. The van der Waals surface area contributed by atoms with Gasteiger partial charge < -0.3 is 14.4 Å². The quantitative estimate of drug-likeness (QED) is 0.485. The fraction of sp³-hybridized carbons (Fsp3) is 0.400. The Kier molecular flexibility index (Phi) is 6.99. The largest absolute Gasteiger partial charge is 0.490 e. The number of nitrogens with one attached hydrogen (secondary N) is 1. The van der Waals surface area contributed by atoms with Gasteiger partial charge in [-0.1, -0.05) is 23.7 Å². The van der Waals surface area contributed by atoms with Crippen molar-refractivity contribution in [3.05, 3.63) is 58.6 Å². The minimum absolute atomic E-state index is 0.0294. The molecule has 0 bridgehead atoms. The molecule has 2 fully saturated rings. The predicted octanol–water partition coefficient (Wildman–Crippen LogP) is 4.36. The molecule has 2 aromatic carbocycles. The Morgan fingerprint density at radius 3 is 2.80 bits per heavy atom. The maximum atomic E-state index is 14.4. The number of nitrogens with zero attached hydrogens (tertiary/aromatic N) is 3. The van der Waals surface area contributed by atoms with E-state index in [-0.39, 0.29) is 35.4 Å². The highest BCUT2D eigenvalue weighted by atomic mass is 35.5. The molecule has 2 saturated heterocycles. The summed E-state index contributed by atoms with van der Waals surface area (Å²) in [5.74, 6) is 0.742. The lowest BCUT2D eigenvalue weighted by Gasteiger charge is -2.33. The molecule has 1 amide bonds. The van der Waals surface area contributed by atoms with Gasteiger partial charge >= 0.3 is 0 Å². The average Bonchev–Trinajstić information content (AvgIpc) is 3.41. The van der Waals surface area contributed by atoms with Gasteiger partial charge in [0.1, 0.15) is 29.6 Å². The molecule has 2 aliphatic heterocycles. The molecular formula is C25H26ClFN4O4. The van der Waals surface area contributed by atoms with Crippen LogP contribution in [0.5, 0.6) is 5.75 Å². The number of benzene rings is 2. The van der Waals surface area contributed by atoms with E-state index in [1.54, 1.807) is 30.3 Å². The number of anilines is 1. The predicted molar refractivity (Wildman–Crippen MR) is 128 cm³/mol. The smallest absolute Gasteiger partial charge is 0.251 e. The van der Waals surface area contributed by atoms with E-state index >= 15 is 0 Å². The van der Waals surface area contributed by atoms with Crippen molar-refractivity contribution in [2.45, 2.75) is 44.3 Å². The lowest BCUT2D eigenvalue weighted by molar-refractivity contribution is -0.142. The van der Waals surface area contributed by atoms with Crippen LogP contribution in [0.3, 0.4) is 0 Å². The van der Waals surface area contributed by atoms with E-state index < -0.39 is 5.82 Å². The number of fused-ring (bicyclic) bond motifs is 1. The van der Waals surface area contributed by atoms with Crippen molar-refractivity contribution in [1.82, 2.24) is 14.9 Å².